The molecule has 0 bridgehead atoms. The third-order valence-electron chi connectivity index (χ3n) is 4.52. The molecule has 2 N–H and O–H groups in total. The quantitative estimate of drug-likeness (QED) is 0.177. The average molecular weight is 504 g/mol. The van der Waals surface area contributed by atoms with Crippen LogP contribution in [0.25, 0.3) is 0 Å². The van der Waals surface area contributed by atoms with Crippen LogP contribution in [0.3, 0.4) is 0 Å². The summed E-state index contributed by atoms with van der Waals surface area (Å²) in [6.45, 7) is 9.25. The number of benzene rings is 1. The highest BCUT2D eigenvalue weighted by atomic mass is 16.6. The third kappa shape index (κ3) is 21.6. The number of nitrogens with two attached hydrogens (primary N) is 1. The van der Waals surface area contributed by atoms with E-state index in [-0.39, 0.29) is 0 Å². The fourth-order valence-electron chi connectivity index (χ4n) is 2.70. The molecule has 0 aliphatic carbocycles. The van der Waals surface area contributed by atoms with E-state index in [1.807, 2.05) is 24.3 Å². The SMILES string of the molecule is COCCOCCOCCOCCOCCOCCOCCOCCOc1ccc(CCN)cc1. The van der Waals surface area contributed by atoms with Gasteiger partial charge in [-0.25, -0.2) is 0 Å². The Labute approximate surface area is 210 Å². The molecule has 0 fully saturated rings. The molecule has 1 aromatic carbocycles. The van der Waals surface area contributed by atoms with Gasteiger partial charge in [-0.15, -0.1) is 0 Å². The van der Waals surface area contributed by atoms with Gasteiger partial charge in [-0.2, -0.15) is 0 Å². The van der Waals surface area contributed by atoms with Crippen molar-refractivity contribution in [3.05, 3.63) is 29.8 Å². The molecule has 0 saturated heterocycles. The van der Waals surface area contributed by atoms with Gasteiger partial charge in [0.2, 0.25) is 0 Å². The van der Waals surface area contributed by atoms with Crippen molar-refractivity contribution in [1.29, 1.82) is 0 Å². The highest BCUT2D eigenvalue weighted by Crippen LogP contribution is 2.12. The first kappa shape index (κ1) is 31.7. The zero-order valence-electron chi connectivity index (χ0n) is 21.3. The van der Waals surface area contributed by atoms with Gasteiger partial charge >= 0.3 is 0 Å². The minimum atomic E-state index is 0.503. The lowest BCUT2D eigenvalue weighted by molar-refractivity contribution is -0.0227. The molecule has 0 amide bonds. The Morgan fingerprint density at radius 3 is 1.17 bits per heavy atom. The van der Waals surface area contributed by atoms with E-state index in [0.29, 0.717) is 112 Å². The summed E-state index contributed by atoms with van der Waals surface area (Å²) in [7, 11) is 1.65. The van der Waals surface area contributed by atoms with Crippen LogP contribution in [-0.2, 0) is 44.3 Å². The minimum absolute atomic E-state index is 0.503. The Balaban J connectivity index is 1.70. The van der Waals surface area contributed by atoms with E-state index in [1.54, 1.807) is 7.11 Å². The van der Waals surface area contributed by atoms with Crippen LogP contribution in [0.4, 0.5) is 0 Å². The summed E-state index contributed by atoms with van der Waals surface area (Å²) in [4.78, 5) is 0. The number of hydrogen-bond acceptors (Lipinski definition) is 10. The number of rotatable bonds is 27. The van der Waals surface area contributed by atoms with Crippen LogP contribution in [0.1, 0.15) is 5.56 Å². The summed E-state index contributed by atoms with van der Waals surface area (Å²) in [5.74, 6) is 0.834. The van der Waals surface area contributed by atoms with Gasteiger partial charge in [0.05, 0.1) is 99.1 Å². The standard InChI is InChI=1S/C25H45NO9/c1-27-8-9-28-10-11-29-12-13-30-14-15-31-16-17-32-18-19-33-20-21-34-22-23-35-25-4-2-24(3-5-25)6-7-26/h2-5H,6-23,26H2,1H3. The fourth-order valence-corrected chi connectivity index (χ4v) is 2.70. The van der Waals surface area contributed by atoms with Crippen LogP contribution in [-0.4, -0.2) is 119 Å². The lowest BCUT2D eigenvalue weighted by Gasteiger charge is -2.09. The normalized spacial score (nSPS) is 11.3. The number of hydrogen-bond donors (Lipinski definition) is 1. The van der Waals surface area contributed by atoms with Gasteiger partial charge in [0.25, 0.3) is 0 Å². The Morgan fingerprint density at radius 1 is 0.486 bits per heavy atom. The first-order chi connectivity index (χ1) is 17.4. The zero-order valence-corrected chi connectivity index (χ0v) is 21.3. The van der Waals surface area contributed by atoms with Crippen molar-refractivity contribution in [2.75, 3.05) is 119 Å². The van der Waals surface area contributed by atoms with E-state index >= 15 is 0 Å². The van der Waals surface area contributed by atoms with E-state index in [2.05, 4.69) is 0 Å². The second kappa shape index (κ2) is 25.7. The van der Waals surface area contributed by atoms with Crippen molar-refractivity contribution in [2.24, 2.45) is 5.73 Å². The molecule has 0 unspecified atom stereocenters. The second-order valence-electron chi connectivity index (χ2n) is 7.31. The van der Waals surface area contributed by atoms with Gasteiger partial charge in [0, 0.05) is 7.11 Å². The van der Waals surface area contributed by atoms with Gasteiger partial charge in [-0.1, -0.05) is 12.1 Å². The molecule has 10 heteroatoms. The first-order valence-electron chi connectivity index (χ1n) is 12.3. The van der Waals surface area contributed by atoms with Crippen LogP contribution in [0.2, 0.25) is 0 Å². The molecule has 204 valence electrons. The Kier molecular flexibility index (Phi) is 23.3. The maximum absolute atomic E-state index is 5.64. The largest absolute Gasteiger partial charge is 0.491 e. The molecule has 0 spiro atoms. The third-order valence-corrected chi connectivity index (χ3v) is 4.52. The van der Waals surface area contributed by atoms with Crippen molar-refractivity contribution in [1.82, 2.24) is 0 Å². The Hall–Kier alpha value is -1.34. The molecule has 0 aliphatic heterocycles. The predicted molar refractivity (Wildman–Crippen MR) is 132 cm³/mol. The van der Waals surface area contributed by atoms with Crippen LogP contribution >= 0.6 is 0 Å². The summed E-state index contributed by atoms with van der Waals surface area (Å²) >= 11 is 0. The molecule has 0 aliphatic rings. The fraction of sp³-hybridized carbons (Fsp3) is 0.760. The van der Waals surface area contributed by atoms with Gasteiger partial charge in [0.15, 0.2) is 0 Å². The first-order valence-corrected chi connectivity index (χ1v) is 12.3. The maximum Gasteiger partial charge on any atom is 0.119 e. The maximum atomic E-state index is 5.64. The molecule has 0 saturated carbocycles. The summed E-state index contributed by atoms with van der Waals surface area (Å²) in [6, 6.07) is 7.97. The van der Waals surface area contributed by atoms with Crippen molar-refractivity contribution in [3.8, 4) is 5.75 Å². The highest BCUT2D eigenvalue weighted by Gasteiger charge is 1.97. The van der Waals surface area contributed by atoms with E-state index in [1.165, 1.54) is 5.56 Å². The average Bonchev–Trinajstić information content (AvgIpc) is 2.88. The topological polar surface area (TPSA) is 109 Å². The van der Waals surface area contributed by atoms with E-state index in [0.717, 1.165) is 12.2 Å². The molecule has 1 aromatic rings. The lowest BCUT2D eigenvalue weighted by atomic mass is 10.1. The van der Waals surface area contributed by atoms with E-state index in [4.69, 9.17) is 48.4 Å². The molecule has 10 nitrogen and oxygen atoms in total. The molecule has 0 atom stereocenters. The van der Waals surface area contributed by atoms with Crippen molar-refractivity contribution < 1.29 is 42.6 Å². The van der Waals surface area contributed by atoms with Gasteiger partial charge in [-0.3, -0.25) is 0 Å². The molecular weight excluding hydrogens is 458 g/mol. The molecule has 0 heterocycles. The predicted octanol–water partition coefficient (Wildman–Crippen LogP) is 1.33. The summed E-state index contributed by atoms with van der Waals surface area (Å²) in [6.07, 6.45) is 0.878. The lowest BCUT2D eigenvalue weighted by Crippen LogP contribution is -2.15. The van der Waals surface area contributed by atoms with Crippen LogP contribution in [0.15, 0.2) is 24.3 Å². The van der Waals surface area contributed by atoms with Gasteiger partial charge < -0.3 is 48.4 Å². The van der Waals surface area contributed by atoms with Crippen LogP contribution in [0, 0.1) is 0 Å². The molecule has 35 heavy (non-hydrogen) atoms. The Bertz CT molecular complexity index is 548. The second-order valence-corrected chi connectivity index (χ2v) is 7.31. The minimum Gasteiger partial charge on any atom is -0.491 e. The van der Waals surface area contributed by atoms with Crippen LogP contribution in [0.5, 0.6) is 5.75 Å². The molecule has 0 radical (unpaired) electrons. The van der Waals surface area contributed by atoms with E-state index in [9.17, 15) is 0 Å². The van der Waals surface area contributed by atoms with Crippen molar-refractivity contribution in [3.63, 3.8) is 0 Å². The highest BCUT2D eigenvalue weighted by molar-refractivity contribution is 5.27. The summed E-state index contributed by atoms with van der Waals surface area (Å²) < 4.78 is 48.5. The van der Waals surface area contributed by atoms with Gasteiger partial charge in [0.1, 0.15) is 12.4 Å². The van der Waals surface area contributed by atoms with Crippen molar-refractivity contribution >= 4 is 0 Å². The number of ether oxygens (including phenoxy) is 9. The number of methoxy groups -OCH3 is 1. The smallest absolute Gasteiger partial charge is 0.119 e. The Morgan fingerprint density at radius 2 is 0.829 bits per heavy atom. The monoisotopic (exact) mass is 503 g/mol. The summed E-state index contributed by atoms with van der Waals surface area (Å²) in [5, 5.41) is 0. The molecular formula is C25H45NO9. The van der Waals surface area contributed by atoms with E-state index < -0.39 is 0 Å². The summed E-state index contributed by atoms with van der Waals surface area (Å²) in [5.41, 5.74) is 6.76. The van der Waals surface area contributed by atoms with Gasteiger partial charge in [-0.05, 0) is 30.7 Å². The van der Waals surface area contributed by atoms with Crippen LogP contribution < -0.4 is 10.5 Å². The van der Waals surface area contributed by atoms with Crippen molar-refractivity contribution in [2.45, 2.75) is 6.42 Å². The molecule has 0 aromatic heterocycles. The zero-order chi connectivity index (χ0) is 25.1. The molecule has 1 rings (SSSR count).